The van der Waals surface area contributed by atoms with Crippen LogP contribution in [0, 0.1) is 6.92 Å². The minimum absolute atomic E-state index is 0.0537. The number of nitrogens with zero attached hydrogens (tertiary/aromatic N) is 1. The summed E-state index contributed by atoms with van der Waals surface area (Å²) in [5, 5.41) is 3.47. The van der Waals surface area contributed by atoms with Gasteiger partial charge in [-0.25, -0.2) is 21.8 Å². The first-order chi connectivity index (χ1) is 13.1. The Hall–Kier alpha value is -1.94. The van der Waals surface area contributed by atoms with Gasteiger partial charge in [0.05, 0.1) is 4.90 Å². The molecule has 3 aromatic rings. The number of hydrogen-bond acceptors (Lipinski definition) is 7. The molecule has 1 N–H and O–H groups in total. The molecule has 0 radical (unpaired) electrons. The molecule has 10 heteroatoms. The third-order valence-corrected chi connectivity index (χ3v) is 8.62. The molecule has 1 heterocycles. The van der Waals surface area contributed by atoms with Gasteiger partial charge in [-0.15, -0.1) is 0 Å². The second kappa shape index (κ2) is 7.82. The van der Waals surface area contributed by atoms with Crippen LogP contribution in [0.15, 0.2) is 62.8 Å². The van der Waals surface area contributed by atoms with Crippen LogP contribution in [0.3, 0.4) is 0 Å². The number of anilines is 1. The van der Waals surface area contributed by atoms with Crippen molar-refractivity contribution in [2.24, 2.45) is 0 Å². The second-order valence-corrected chi connectivity index (χ2v) is 11.7. The molecule has 0 aliphatic carbocycles. The van der Waals surface area contributed by atoms with Crippen LogP contribution in [0.25, 0.3) is 0 Å². The number of aryl methyl sites for hydroxylation is 1. The molecule has 0 fully saturated rings. The molecule has 6 nitrogen and oxygen atoms in total. The predicted molar refractivity (Wildman–Crippen MR) is 111 cm³/mol. The van der Waals surface area contributed by atoms with Gasteiger partial charge in [-0.2, -0.15) is 0 Å². The predicted octanol–water partition coefficient (Wildman–Crippen LogP) is 3.95. The summed E-state index contributed by atoms with van der Waals surface area (Å²) in [7, 11) is -7.64. The molecule has 0 saturated heterocycles. The van der Waals surface area contributed by atoms with E-state index in [1.807, 2.05) is 6.92 Å². The molecule has 3 rings (SSSR count). The molecule has 0 saturated carbocycles. The Morgan fingerprint density at radius 2 is 1.61 bits per heavy atom. The topological polar surface area (TPSA) is 93.2 Å². The second-order valence-electron chi connectivity index (χ2n) is 6.18. The van der Waals surface area contributed by atoms with Crippen LogP contribution in [-0.2, 0) is 26.2 Å². The average Bonchev–Trinajstić information content (AvgIpc) is 3.07. The van der Waals surface area contributed by atoms with Crippen LogP contribution >= 0.6 is 22.9 Å². The first-order valence-electron chi connectivity index (χ1n) is 8.08. The fourth-order valence-corrected chi connectivity index (χ4v) is 6.00. The van der Waals surface area contributed by atoms with Crippen molar-refractivity contribution < 1.29 is 16.8 Å². The first-order valence-corrected chi connectivity index (χ1v) is 12.7. The molecule has 0 aliphatic rings. The third kappa shape index (κ3) is 4.54. The number of thiazole rings is 1. The third-order valence-electron chi connectivity index (χ3n) is 3.85. The van der Waals surface area contributed by atoms with E-state index < -0.39 is 19.7 Å². The van der Waals surface area contributed by atoms with Crippen LogP contribution in [0.2, 0.25) is 5.02 Å². The Labute approximate surface area is 173 Å². The summed E-state index contributed by atoms with van der Waals surface area (Å²) in [5.41, 5.74) is 1.77. The maximum absolute atomic E-state index is 13.1. The number of aromatic nitrogens is 1. The van der Waals surface area contributed by atoms with E-state index in [-0.39, 0.29) is 19.3 Å². The highest BCUT2D eigenvalue weighted by Gasteiger charge is 2.29. The van der Waals surface area contributed by atoms with Crippen LogP contribution in [-0.4, -0.2) is 28.1 Å². The zero-order valence-corrected chi connectivity index (χ0v) is 18.2. The fraction of sp³-hybridized carbons (Fsp3) is 0.167. The molecule has 2 aromatic carbocycles. The van der Waals surface area contributed by atoms with Crippen LogP contribution in [0.4, 0.5) is 5.00 Å². The summed E-state index contributed by atoms with van der Waals surface area (Å²) < 4.78 is 49.7. The van der Waals surface area contributed by atoms with Crippen molar-refractivity contribution in [3.8, 4) is 0 Å². The van der Waals surface area contributed by atoms with Crippen molar-refractivity contribution in [1.82, 2.24) is 4.98 Å². The molecule has 0 aliphatic heterocycles. The van der Waals surface area contributed by atoms with Gasteiger partial charge in [-0.3, -0.25) is 0 Å². The van der Waals surface area contributed by atoms with Crippen molar-refractivity contribution in [3.05, 3.63) is 64.7 Å². The fourth-order valence-electron chi connectivity index (χ4n) is 2.35. The van der Waals surface area contributed by atoms with E-state index in [9.17, 15) is 16.8 Å². The smallest absolute Gasteiger partial charge is 0.226 e. The van der Waals surface area contributed by atoms with Crippen molar-refractivity contribution in [2.75, 3.05) is 11.6 Å². The molecular formula is C18H17ClN2O4S3. The Morgan fingerprint density at radius 1 is 1.00 bits per heavy atom. The van der Waals surface area contributed by atoms with Crippen LogP contribution in [0.5, 0.6) is 0 Å². The summed E-state index contributed by atoms with van der Waals surface area (Å²) in [5.74, 6) is 0. The highest BCUT2D eigenvalue weighted by atomic mass is 35.5. The molecule has 0 atom stereocenters. The van der Waals surface area contributed by atoms with Gasteiger partial charge in [-0.1, -0.05) is 52.8 Å². The standard InChI is InChI=1S/C18H17ClN2O4S3/c1-12-3-9-15(10-4-12)28(24,25)17-16(26-18(21-17)27(2,22)23)20-11-13-5-7-14(19)8-6-13/h3-10,20H,11H2,1-2H3. The lowest BCUT2D eigenvalue weighted by molar-refractivity contribution is 0.591. The van der Waals surface area contributed by atoms with Crippen molar-refractivity contribution >= 4 is 47.6 Å². The SMILES string of the molecule is Cc1ccc(S(=O)(=O)c2nc(S(C)(=O)=O)sc2NCc2ccc(Cl)cc2)cc1. The highest BCUT2D eigenvalue weighted by molar-refractivity contribution is 7.93. The van der Waals surface area contributed by atoms with Gasteiger partial charge in [-0.05, 0) is 36.8 Å². The maximum Gasteiger partial charge on any atom is 0.226 e. The number of sulfone groups is 2. The Bertz CT molecular complexity index is 1200. The van der Waals surface area contributed by atoms with E-state index in [1.54, 1.807) is 36.4 Å². The molecule has 28 heavy (non-hydrogen) atoms. The summed E-state index contributed by atoms with van der Waals surface area (Å²) in [6.45, 7) is 2.14. The van der Waals surface area contributed by atoms with E-state index in [2.05, 4.69) is 10.3 Å². The van der Waals surface area contributed by atoms with Gasteiger partial charge >= 0.3 is 0 Å². The minimum Gasteiger partial charge on any atom is -0.370 e. The summed E-state index contributed by atoms with van der Waals surface area (Å²) in [6, 6.07) is 13.3. The molecule has 0 bridgehead atoms. The van der Waals surface area contributed by atoms with Crippen LogP contribution < -0.4 is 5.32 Å². The zero-order chi connectivity index (χ0) is 20.5. The van der Waals surface area contributed by atoms with Crippen molar-refractivity contribution in [2.45, 2.75) is 27.7 Å². The summed E-state index contributed by atoms with van der Waals surface area (Å²) >= 11 is 6.67. The normalized spacial score (nSPS) is 12.1. The Morgan fingerprint density at radius 3 is 2.18 bits per heavy atom. The molecule has 148 valence electrons. The molecule has 0 unspecified atom stereocenters. The molecule has 0 amide bonds. The number of halogens is 1. The van der Waals surface area contributed by atoms with E-state index in [0.717, 1.165) is 28.7 Å². The van der Waals surface area contributed by atoms with Gasteiger partial charge in [0, 0.05) is 17.8 Å². The summed E-state index contributed by atoms with van der Waals surface area (Å²) in [6.07, 6.45) is 0.997. The zero-order valence-electron chi connectivity index (χ0n) is 15.0. The number of benzene rings is 2. The molecule has 0 spiro atoms. The van der Waals surface area contributed by atoms with E-state index >= 15 is 0 Å². The lowest BCUT2D eigenvalue weighted by Crippen LogP contribution is -2.07. The number of hydrogen-bond donors (Lipinski definition) is 1. The van der Waals surface area contributed by atoms with Gasteiger partial charge in [0.2, 0.25) is 24.0 Å². The number of rotatable bonds is 6. The highest BCUT2D eigenvalue weighted by Crippen LogP contribution is 2.35. The largest absolute Gasteiger partial charge is 0.370 e. The van der Waals surface area contributed by atoms with Gasteiger partial charge in [0.25, 0.3) is 0 Å². The molecular weight excluding hydrogens is 440 g/mol. The van der Waals surface area contributed by atoms with E-state index in [4.69, 9.17) is 11.6 Å². The van der Waals surface area contributed by atoms with Gasteiger partial charge in [0.1, 0.15) is 5.00 Å². The molecule has 1 aromatic heterocycles. The van der Waals surface area contributed by atoms with E-state index in [0.29, 0.717) is 11.6 Å². The number of nitrogens with one attached hydrogen (secondary N) is 1. The lowest BCUT2D eigenvalue weighted by Gasteiger charge is -2.08. The lowest BCUT2D eigenvalue weighted by atomic mass is 10.2. The monoisotopic (exact) mass is 456 g/mol. The maximum atomic E-state index is 13.1. The van der Waals surface area contributed by atoms with Crippen LogP contribution in [0.1, 0.15) is 11.1 Å². The summed E-state index contributed by atoms with van der Waals surface area (Å²) in [4.78, 5) is 3.99. The quantitative estimate of drug-likeness (QED) is 0.603. The van der Waals surface area contributed by atoms with Gasteiger partial charge < -0.3 is 5.32 Å². The van der Waals surface area contributed by atoms with Crippen molar-refractivity contribution in [1.29, 1.82) is 0 Å². The Balaban J connectivity index is 2.02. The van der Waals surface area contributed by atoms with E-state index in [1.165, 1.54) is 12.1 Å². The van der Waals surface area contributed by atoms with Crippen molar-refractivity contribution in [3.63, 3.8) is 0 Å². The average molecular weight is 457 g/mol. The Kier molecular flexibility index (Phi) is 5.81. The minimum atomic E-state index is -3.99. The first kappa shape index (κ1) is 20.8. The van der Waals surface area contributed by atoms with Gasteiger partial charge in [0.15, 0.2) is 5.03 Å².